The van der Waals surface area contributed by atoms with Crippen LogP contribution in [-0.4, -0.2) is 11.2 Å². The monoisotopic (exact) mass is 270 g/mol. The van der Waals surface area contributed by atoms with Crippen molar-refractivity contribution in [3.05, 3.63) is 0 Å². The normalized spacial score (nSPS) is 9.71. The second-order valence-electron chi connectivity index (χ2n) is 1.68. The molecule has 0 amide bonds. The summed E-state index contributed by atoms with van der Waals surface area (Å²) in [6.07, 6.45) is 0. The van der Waals surface area contributed by atoms with Crippen LogP contribution in [0.25, 0.3) is 0 Å². The number of ether oxygens (including phenoxy) is 1. The summed E-state index contributed by atoms with van der Waals surface area (Å²) in [6, 6.07) is 0. The van der Waals surface area contributed by atoms with E-state index in [9.17, 15) is 0 Å². The Hall–Kier alpha value is 0.518. The van der Waals surface area contributed by atoms with Crippen molar-refractivity contribution >= 4 is 4.08 Å². The van der Waals surface area contributed by atoms with Crippen molar-refractivity contribution < 1.29 is 24.1 Å². The molecule has 0 saturated heterocycles. The van der Waals surface area contributed by atoms with Crippen LogP contribution in [0.2, 0.25) is 0 Å². The first-order valence-electron chi connectivity index (χ1n) is 2.26. The van der Waals surface area contributed by atoms with Gasteiger partial charge in [0.25, 0.3) is 0 Å². The number of rotatable bonds is 2. The van der Waals surface area contributed by atoms with Gasteiger partial charge in [-0.25, -0.2) is 0 Å². The molecule has 0 atom stereocenters. The molecule has 0 rings (SSSR count). The zero-order chi connectivity index (χ0) is 5.86. The molecular weight excluding hydrogens is 260 g/mol. The third-order valence-corrected chi connectivity index (χ3v) is 2.96. The van der Waals surface area contributed by atoms with Crippen LogP contribution in [0.3, 0.4) is 0 Å². The molecule has 0 aromatic heterocycles. The molecule has 7 heavy (non-hydrogen) atoms. The van der Waals surface area contributed by atoms with Crippen LogP contribution < -0.4 is 0 Å². The fraction of sp³-hybridized carbons (Fsp3) is 0.800. The average Bonchev–Trinajstić information content (AvgIpc) is 1.65. The van der Waals surface area contributed by atoms with Crippen molar-refractivity contribution in [3.8, 4) is 0 Å². The van der Waals surface area contributed by atoms with Gasteiger partial charge < -0.3 is 0 Å². The molecule has 0 aliphatic rings. The predicted molar refractivity (Wildman–Crippen MR) is 26.9 cm³/mol. The summed E-state index contributed by atoms with van der Waals surface area (Å²) in [5, 5.41) is 0. The van der Waals surface area contributed by atoms with Crippen molar-refractivity contribution in [3.63, 3.8) is 0 Å². The zero-order valence-electron chi connectivity index (χ0n) is 4.89. The van der Waals surface area contributed by atoms with Crippen LogP contribution in [0.15, 0.2) is 0 Å². The van der Waals surface area contributed by atoms with Gasteiger partial charge in [0.05, 0.1) is 0 Å². The van der Waals surface area contributed by atoms with Gasteiger partial charge in [0.1, 0.15) is 0 Å². The number of methoxy groups -OCH3 is 1. The van der Waals surface area contributed by atoms with Gasteiger partial charge in [-0.3, -0.25) is 0 Å². The molecular formula is C5H10OW. The molecule has 42 valence electrons. The maximum absolute atomic E-state index is 4.97. The topological polar surface area (TPSA) is 9.23 Å². The molecule has 0 aliphatic heterocycles. The molecule has 0 saturated carbocycles. The van der Waals surface area contributed by atoms with E-state index in [2.05, 4.69) is 13.8 Å². The Bertz CT molecular complexity index is 68.5. The summed E-state index contributed by atoms with van der Waals surface area (Å²) in [6.45, 7) is 4.26. The van der Waals surface area contributed by atoms with Gasteiger partial charge in [0.2, 0.25) is 0 Å². The Morgan fingerprint density at radius 1 is 1.57 bits per heavy atom. The van der Waals surface area contributed by atoms with E-state index in [0.717, 1.165) is 0 Å². The van der Waals surface area contributed by atoms with E-state index in [0.29, 0.717) is 5.92 Å². The van der Waals surface area contributed by atoms with Crippen molar-refractivity contribution in [2.24, 2.45) is 5.92 Å². The van der Waals surface area contributed by atoms with E-state index < -0.39 is 0 Å². The standard InChI is InChI=1S/C5H10O.W/c1-5(2)4-6-3;/h5H,1-3H3;. The minimum atomic E-state index is 0.597. The minimum absolute atomic E-state index is 0.597. The Labute approximate surface area is 55.5 Å². The molecule has 0 fully saturated rings. The first kappa shape index (κ1) is 7.52. The van der Waals surface area contributed by atoms with E-state index in [1.807, 2.05) is 0 Å². The molecule has 0 bridgehead atoms. The van der Waals surface area contributed by atoms with Crippen LogP contribution in [0, 0.1) is 5.92 Å². The molecule has 1 nitrogen and oxygen atoms in total. The second-order valence-corrected chi connectivity index (χ2v) is 3.12. The fourth-order valence-corrected chi connectivity index (χ4v) is 0.236. The van der Waals surface area contributed by atoms with Crippen molar-refractivity contribution in [1.29, 1.82) is 0 Å². The molecule has 0 aromatic rings. The van der Waals surface area contributed by atoms with E-state index in [1.54, 1.807) is 7.11 Å². The first-order chi connectivity index (χ1) is 3.18. The summed E-state index contributed by atoms with van der Waals surface area (Å²) in [7, 11) is 1.72. The van der Waals surface area contributed by atoms with Gasteiger partial charge in [-0.1, -0.05) is 0 Å². The summed E-state index contributed by atoms with van der Waals surface area (Å²) in [5.41, 5.74) is 0. The van der Waals surface area contributed by atoms with Gasteiger partial charge in [-0.2, -0.15) is 0 Å². The predicted octanol–water partition coefficient (Wildman–Crippen LogP) is 0.966. The Kier molecular flexibility index (Phi) is 3.77. The first-order valence-corrected chi connectivity index (χ1v) is 3.73. The van der Waals surface area contributed by atoms with Gasteiger partial charge in [0, 0.05) is 0 Å². The number of hydrogen-bond acceptors (Lipinski definition) is 1. The summed E-state index contributed by atoms with van der Waals surface area (Å²) in [5.74, 6) is 0.597. The van der Waals surface area contributed by atoms with Crippen LogP contribution in [0.5, 0.6) is 0 Å². The summed E-state index contributed by atoms with van der Waals surface area (Å²) >= 11 is 1.44. The van der Waals surface area contributed by atoms with Gasteiger partial charge >= 0.3 is 55.0 Å². The van der Waals surface area contributed by atoms with Crippen molar-refractivity contribution in [1.82, 2.24) is 0 Å². The van der Waals surface area contributed by atoms with Crippen LogP contribution in [0.1, 0.15) is 13.8 Å². The van der Waals surface area contributed by atoms with E-state index in [-0.39, 0.29) is 0 Å². The molecule has 0 radical (unpaired) electrons. The molecule has 0 N–H and O–H groups in total. The third-order valence-electron chi connectivity index (χ3n) is 0.673. The van der Waals surface area contributed by atoms with Crippen LogP contribution in [-0.2, 0) is 24.1 Å². The van der Waals surface area contributed by atoms with Gasteiger partial charge in [-0.05, 0) is 0 Å². The molecule has 2 heteroatoms. The molecule has 0 spiro atoms. The molecule has 0 aliphatic carbocycles. The van der Waals surface area contributed by atoms with Crippen molar-refractivity contribution in [2.75, 3.05) is 7.11 Å². The molecule has 0 heterocycles. The Morgan fingerprint density at radius 2 is 2.00 bits per heavy atom. The van der Waals surface area contributed by atoms with Crippen LogP contribution in [0.4, 0.5) is 0 Å². The van der Waals surface area contributed by atoms with E-state index in [1.165, 1.54) is 23.4 Å². The Balaban J connectivity index is 3.35. The zero-order valence-corrected chi connectivity index (χ0v) is 7.83. The van der Waals surface area contributed by atoms with Crippen molar-refractivity contribution in [2.45, 2.75) is 13.8 Å². The second kappa shape index (κ2) is 3.51. The third kappa shape index (κ3) is 3.13. The number of hydrogen-bond donors (Lipinski definition) is 0. The van der Waals surface area contributed by atoms with E-state index in [4.69, 9.17) is 4.74 Å². The quantitative estimate of drug-likeness (QED) is 0.726. The maximum atomic E-state index is 4.97. The fourth-order valence-electron chi connectivity index (χ4n) is 0.236. The summed E-state index contributed by atoms with van der Waals surface area (Å²) < 4.78 is 6.15. The summed E-state index contributed by atoms with van der Waals surface area (Å²) in [4.78, 5) is 0. The van der Waals surface area contributed by atoms with E-state index >= 15 is 0 Å². The Morgan fingerprint density at radius 3 is 2.00 bits per heavy atom. The molecule has 0 unspecified atom stereocenters. The molecule has 0 aromatic carbocycles. The SMILES string of the molecule is CO[C](=[W])C(C)C. The van der Waals surface area contributed by atoms with Gasteiger partial charge in [-0.15, -0.1) is 0 Å². The average molecular weight is 270 g/mol. The van der Waals surface area contributed by atoms with Gasteiger partial charge in [0.15, 0.2) is 0 Å². The van der Waals surface area contributed by atoms with Crippen LogP contribution >= 0.6 is 0 Å².